The van der Waals surface area contributed by atoms with Crippen LogP contribution in [0, 0.1) is 0 Å². The summed E-state index contributed by atoms with van der Waals surface area (Å²) in [5.74, 6) is -0.474. The van der Waals surface area contributed by atoms with Gasteiger partial charge >= 0.3 is 0 Å². The summed E-state index contributed by atoms with van der Waals surface area (Å²) in [4.78, 5) is 11.3. The smallest absolute Gasteiger partial charge is 0.264 e. The molecule has 1 aromatic carbocycles. The number of ketones is 1. The Kier molecular flexibility index (Phi) is 3.71. The maximum Gasteiger partial charge on any atom is 0.264 e. The van der Waals surface area contributed by atoms with E-state index in [1.54, 1.807) is 18.2 Å². The molecule has 0 aliphatic rings. The summed E-state index contributed by atoms with van der Waals surface area (Å²) in [6.07, 6.45) is -5.29. The number of rotatable bonds is 4. The monoisotopic (exact) mass is 200 g/mol. The van der Waals surface area contributed by atoms with Gasteiger partial charge in [0, 0.05) is 12.0 Å². The molecule has 1 atom stereocenters. The van der Waals surface area contributed by atoms with Crippen molar-refractivity contribution in [3.8, 4) is 0 Å². The van der Waals surface area contributed by atoms with Crippen molar-refractivity contribution in [2.45, 2.75) is 19.0 Å². The second-order valence-corrected chi connectivity index (χ2v) is 2.90. The first kappa shape index (κ1) is 10.8. The van der Waals surface area contributed by atoms with E-state index in [4.69, 9.17) is 5.11 Å². The second-order valence-electron chi connectivity index (χ2n) is 2.90. The van der Waals surface area contributed by atoms with Crippen molar-refractivity contribution in [2.24, 2.45) is 0 Å². The average Bonchev–Trinajstić information content (AvgIpc) is 2.19. The van der Waals surface area contributed by atoms with Crippen molar-refractivity contribution in [1.29, 1.82) is 0 Å². The quantitative estimate of drug-likeness (QED) is 0.753. The highest BCUT2D eigenvalue weighted by atomic mass is 19.3. The molecule has 0 aromatic heterocycles. The van der Waals surface area contributed by atoms with Gasteiger partial charge in [-0.05, 0) is 0 Å². The average molecular weight is 200 g/mol. The number of hydrogen-bond donors (Lipinski definition) is 1. The fraction of sp³-hybridized carbons (Fsp3) is 0.300. The van der Waals surface area contributed by atoms with E-state index < -0.39 is 24.7 Å². The van der Waals surface area contributed by atoms with Crippen LogP contribution >= 0.6 is 0 Å². The summed E-state index contributed by atoms with van der Waals surface area (Å²) < 4.78 is 23.8. The Balaban J connectivity index is 2.60. The molecule has 1 aromatic rings. The van der Waals surface area contributed by atoms with Gasteiger partial charge in [-0.25, -0.2) is 8.78 Å². The van der Waals surface area contributed by atoms with Gasteiger partial charge in [-0.2, -0.15) is 0 Å². The number of benzene rings is 1. The second kappa shape index (κ2) is 4.81. The first-order valence-electron chi connectivity index (χ1n) is 4.15. The Hall–Kier alpha value is -1.29. The lowest BCUT2D eigenvalue weighted by molar-refractivity contribution is -0.00608. The van der Waals surface area contributed by atoms with Crippen molar-refractivity contribution in [3.05, 3.63) is 35.9 Å². The molecular formula is C10H10F2O2. The minimum atomic E-state index is -2.87. The summed E-state index contributed by atoms with van der Waals surface area (Å²) in [6, 6.07) is 8.06. The van der Waals surface area contributed by atoms with Crippen molar-refractivity contribution in [3.63, 3.8) is 0 Å². The van der Waals surface area contributed by atoms with E-state index >= 15 is 0 Å². The number of aliphatic hydroxyl groups excluding tert-OH is 1. The minimum absolute atomic E-state index is 0.340. The molecule has 4 heteroatoms. The van der Waals surface area contributed by atoms with Crippen LogP contribution in [0.25, 0.3) is 0 Å². The number of carbonyl (C=O) groups is 1. The van der Waals surface area contributed by atoms with Gasteiger partial charge in [0.1, 0.15) is 6.10 Å². The predicted octanol–water partition coefficient (Wildman–Crippen LogP) is 1.89. The van der Waals surface area contributed by atoms with E-state index in [1.165, 1.54) is 12.1 Å². The maximum absolute atomic E-state index is 11.9. The predicted molar refractivity (Wildman–Crippen MR) is 47.4 cm³/mol. The number of Topliss-reactive ketones (excluding diaryl/α,β-unsaturated/α-hetero) is 1. The van der Waals surface area contributed by atoms with E-state index in [-0.39, 0.29) is 0 Å². The van der Waals surface area contributed by atoms with E-state index in [9.17, 15) is 13.6 Å². The molecule has 14 heavy (non-hydrogen) atoms. The number of alkyl halides is 2. The van der Waals surface area contributed by atoms with E-state index in [0.717, 1.165) is 0 Å². The van der Waals surface area contributed by atoms with Gasteiger partial charge < -0.3 is 5.11 Å². The molecular weight excluding hydrogens is 190 g/mol. The summed E-state index contributed by atoms with van der Waals surface area (Å²) in [5.41, 5.74) is 0.340. The molecule has 0 heterocycles. The third kappa shape index (κ3) is 2.88. The Morgan fingerprint density at radius 3 is 2.36 bits per heavy atom. The van der Waals surface area contributed by atoms with Crippen molar-refractivity contribution >= 4 is 5.78 Å². The van der Waals surface area contributed by atoms with Gasteiger partial charge in [0.25, 0.3) is 6.43 Å². The molecule has 0 fully saturated rings. The highest BCUT2D eigenvalue weighted by Gasteiger charge is 2.20. The van der Waals surface area contributed by atoms with Gasteiger partial charge in [-0.3, -0.25) is 4.79 Å². The maximum atomic E-state index is 11.9. The molecule has 0 radical (unpaired) electrons. The number of hydrogen-bond acceptors (Lipinski definition) is 2. The van der Waals surface area contributed by atoms with Crippen LogP contribution < -0.4 is 0 Å². The number of aliphatic hydroxyl groups is 1. The van der Waals surface area contributed by atoms with Crippen molar-refractivity contribution < 1.29 is 18.7 Å². The summed E-state index contributed by atoms with van der Waals surface area (Å²) >= 11 is 0. The lowest BCUT2D eigenvalue weighted by atomic mass is 10.1. The zero-order valence-electron chi connectivity index (χ0n) is 7.36. The largest absolute Gasteiger partial charge is 0.387 e. The lowest BCUT2D eigenvalue weighted by Gasteiger charge is -2.07. The van der Waals surface area contributed by atoms with Crippen molar-refractivity contribution in [1.82, 2.24) is 0 Å². The van der Waals surface area contributed by atoms with Crippen LogP contribution in [0.15, 0.2) is 30.3 Å². The van der Waals surface area contributed by atoms with Crippen LogP contribution in [0.5, 0.6) is 0 Å². The molecule has 0 saturated heterocycles. The lowest BCUT2D eigenvalue weighted by Crippen LogP contribution is -2.21. The summed E-state index contributed by atoms with van der Waals surface area (Å²) in [5, 5.41) is 8.79. The normalized spacial score (nSPS) is 12.9. The Labute approximate surface area is 80.2 Å². The van der Waals surface area contributed by atoms with Crippen molar-refractivity contribution in [2.75, 3.05) is 0 Å². The molecule has 1 N–H and O–H groups in total. The minimum Gasteiger partial charge on any atom is -0.387 e. The zero-order valence-corrected chi connectivity index (χ0v) is 7.36. The molecule has 0 aliphatic carbocycles. The molecule has 0 bridgehead atoms. The molecule has 0 saturated carbocycles. The molecule has 76 valence electrons. The van der Waals surface area contributed by atoms with Gasteiger partial charge in [0.2, 0.25) is 0 Å². The van der Waals surface area contributed by atoms with Gasteiger partial charge in [-0.15, -0.1) is 0 Å². The summed E-state index contributed by atoms with van der Waals surface area (Å²) in [7, 11) is 0. The van der Waals surface area contributed by atoms with Gasteiger partial charge in [0.15, 0.2) is 5.78 Å². The molecule has 1 rings (SSSR count). The van der Waals surface area contributed by atoms with E-state index in [1.807, 2.05) is 0 Å². The number of halogens is 2. The molecule has 0 spiro atoms. The standard InChI is InChI=1S/C10H10F2O2/c11-10(12)9(14)6-8(13)7-4-2-1-3-5-7/h1-5,9-10,14H,6H2/t9-/m1/s1. The molecule has 0 aliphatic heterocycles. The molecule has 0 amide bonds. The van der Waals surface area contributed by atoms with Crippen LogP contribution in [0.3, 0.4) is 0 Å². The van der Waals surface area contributed by atoms with Crippen LogP contribution in [-0.4, -0.2) is 23.4 Å². The topological polar surface area (TPSA) is 37.3 Å². The number of carbonyl (C=O) groups excluding carboxylic acids is 1. The molecule has 0 unspecified atom stereocenters. The van der Waals surface area contributed by atoms with Crippen LogP contribution in [-0.2, 0) is 0 Å². The fourth-order valence-corrected chi connectivity index (χ4v) is 1.02. The van der Waals surface area contributed by atoms with Crippen LogP contribution in [0.1, 0.15) is 16.8 Å². The van der Waals surface area contributed by atoms with Gasteiger partial charge in [0.05, 0.1) is 0 Å². The Bertz CT molecular complexity index is 298. The highest BCUT2D eigenvalue weighted by molar-refractivity contribution is 5.96. The third-order valence-corrected chi connectivity index (χ3v) is 1.78. The first-order valence-corrected chi connectivity index (χ1v) is 4.15. The van der Waals surface area contributed by atoms with E-state index in [2.05, 4.69) is 0 Å². The zero-order chi connectivity index (χ0) is 10.6. The van der Waals surface area contributed by atoms with E-state index in [0.29, 0.717) is 5.56 Å². The molecule has 2 nitrogen and oxygen atoms in total. The highest BCUT2D eigenvalue weighted by Crippen LogP contribution is 2.10. The third-order valence-electron chi connectivity index (χ3n) is 1.78. The Morgan fingerprint density at radius 1 is 1.29 bits per heavy atom. The van der Waals surface area contributed by atoms with Gasteiger partial charge in [-0.1, -0.05) is 30.3 Å². The fourth-order valence-electron chi connectivity index (χ4n) is 1.02. The SMILES string of the molecule is O=C(C[C@@H](O)C(F)F)c1ccccc1. The van der Waals surface area contributed by atoms with Crippen LogP contribution in [0.2, 0.25) is 0 Å². The first-order chi connectivity index (χ1) is 6.61. The Morgan fingerprint density at radius 2 is 1.86 bits per heavy atom. The van der Waals surface area contributed by atoms with Crippen LogP contribution in [0.4, 0.5) is 8.78 Å². The summed E-state index contributed by atoms with van der Waals surface area (Å²) in [6.45, 7) is 0.